The highest BCUT2D eigenvalue weighted by molar-refractivity contribution is 7.10. The van der Waals surface area contributed by atoms with Gasteiger partial charge in [0.2, 0.25) is 0 Å². The van der Waals surface area contributed by atoms with Gasteiger partial charge in [-0.3, -0.25) is 4.79 Å². The van der Waals surface area contributed by atoms with Crippen LogP contribution in [0.15, 0.2) is 47.9 Å². The number of ether oxygens (including phenoxy) is 2. The van der Waals surface area contributed by atoms with Crippen LogP contribution in [0.1, 0.15) is 41.1 Å². The molecule has 4 aromatic rings. The molecule has 1 N–H and O–H groups in total. The molecule has 0 amide bonds. The van der Waals surface area contributed by atoms with Gasteiger partial charge in [-0.15, -0.1) is 11.3 Å². The maximum Gasteiger partial charge on any atom is 0.308 e. The van der Waals surface area contributed by atoms with E-state index in [1.54, 1.807) is 18.4 Å². The fourth-order valence-corrected chi connectivity index (χ4v) is 6.54. The summed E-state index contributed by atoms with van der Waals surface area (Å²) in [6, 6.07) is 12.4. The Bertz CT molecular complexity index is 1610. The molecule has 0 bridgehead atoms. The van der Waals surface area contributed by atoms with Crippen LogP contribution in [0.3, 0.4) is 0 Å². The van der Waals surface area contributed by atoms with E-state index in [2.05, 4.69) is 54.0 Å². The van der Waals surface area contributed by atoms with Gasteiger partial charge in [-0.1, -0.05) is 29.8 Å². The molecule has 0 aliphatic heterocycles. The molecule has 2 aromatic heterocycles. The normalized spacial score (nSPS) is 15.2. The average molecular weight is 591 g/mol. The molecule has 5 rings (SSSR count). The number of fused-ring (bicyclic) bond motifs is 1. The van der Waals surface area contributed by atoms with Crippen molar-refractivity contribution in [3.63, 3.8) is 0 Å². The summed E-state index contributed by atoms with van der Waals surface area (Å²) in [7, 11) is 7.25. The lowest BCUT2D eigenvalue weighted by Gasteiger charge is -2.22. The number of rotatable bonds is 9. The molecular weight excluding hydrogens is 556 g/mol. The van der Waals surface area contributed by atoms with Gasteiger partial charge in [0, 0.05) is 39.0 Å². The number of allylic oxidation sites excluding steroid dienone is 2. The Morgan fingerprint density at radius 1 is 1.20 bits per heavy atom. The van der Waals surface area contributed by atoms with Crippen molar-refractivity contribution in [3.8, 4) is 16.9 Å². The SMILES string of the molecule is COC(=O)C1CC=C(c2cc3c(NCc4cc(-c5c(Cl)cccc5CN(C)C)cs4)nc(C)nc3cc2OC)CC1. The van der Waals surface area contributed by atoms with E-state index in [1.807, 2.05) is 25.1 Å². The van der Waals surface area contributed by atoms with Gasteiger partial charge in [0.05, 0.1) is 32.2 Å². The fourth-order valence-electron chi connectivity index (χ4n) is 5.43. The van der Waals surface area contributed by atoms with Crippen molar-refractivity contribution in [2.45, 2.75) is 39.3 Å². The van der Waals surface area contributed by atoms with E-state index in [1.165, 1.54) is 17.6 Å². The van der Waals surface area contributed by atoms with E-state index in [9.17, 15) is 4.79 Å². The molecule has 7 nitrogen and oxygen atoms in total. The molecule has 0 radical (unpaired) electrons. The van der Waals surface area contributed by atoms with E-state index in [0.29, 0.717) is 18.8 Å². The number of halogens is 1. The molecule has 1 unspecified atom stereocenters. The second-order valence-corrected chi connectivity index (χ2v) is 12.0. The highest BCUT2D eigenvalue weighted by Crippen LogP contribution is 2.39. The number of carbonyl (C=O) groups excluding carboxylic acids is 1. The Kier molecular flexibility index (Phi) is 8.92. The van der Waals surface area contributed by atoms with E-state index < -0.39 is 0 Å². The summed E-state index contributed by atoms with van der Waals surface area (Å²) in [5, 5.41) is 7.42. The maximum atomic E-state index is 12.0. The van der Waals surface area contributed by atoms with Crippen LogP contribution in [-0.2, 0) is 22.6 Å². The Labute approximate surface area is 250 Å². The van der Waals surface area contributed by atoms with Crippen LogP contribution in [0, 0.1) is 12.8 Å². The van der Waals surface area contributed by atoms with Gasteiger partial charge >= 0.3 is 5.97 Å². The number of thiophene rings is 1. The Balaban J connectivity index is 1.43. The molecule has 0 fully saturated rings. The first-order chi connectivity index (χ1) is 19.8. The minimum absolute atomic E-state index is 0.0983. The third kappa shape index (κ3) is 6.40. The number of esters is 1. The summed E-state index contributed by atoms with van der Waals surface area (Å²) in [6.45, 7) is 3.33. The minimum atomic E-state index is -0.152. The van der Waals surface area contributed by atoms with Crippen molar-refractivity contribution in [1.29, 1.82) is 0 Å². The van der Waals surface area contributed by atoms with Gasteiger partial charge in [0.15, 0.2) is 0 Å². The topological polar surface area (TPSA) is 76.6 Å². The second kappa shape index (κ2) is 12.6. The van der Waals surface area contributed by atoms with Crippen LogP contribution < -0.4 is 10.1 Å². The quantitative estimate of drug-likeness (QED) is 0.204. The van der Waals surface area contributed by atoms with Gasteiger partial charge < -0.3 is 19.7 Å². The first-order valence-electron chi connectivity index (χ1n) is 13.6. The van der Waals surface area contributed by atoms with Gasteiger partial charge in [-0.05, 0) is 80.6 Å². The van der Waals surface area contributed by atoms with Crippen molar-refractivity contribution in [2.24, 2.45) is 5.92 Å². The molecule has 1 aliphatic rings. The van der Waals surface area contributed by atoms with Gasteiger partial charge in [-0.2, -0.15) is 0 Å². The summed E-state index contributed by atoms with van der Waals surface area (Å²) in [4.78, 5) is 24.8. The van der Waals surface area contributed by atoms with Gasteiger partial charge in [0.1, 0.15) is 17.4 Å². The Hall–Kier alpha value is -3.46. The van der Waals surface area contributed by atoms with Crippen molar-refractivity contribution >= 4 is 51.2 Å². The summed E-state index contributed by atoms with van der Waals surface area (Å²) in [6.07, 6.45) is 4.30. The molecular formula is C32H35ClN4O3S. The zero-order valence-electron chi connectivity index (χ0n) is 24.1. The number of nitrogens with zero attached hydrogens (tertiary/aromatic N) is 3. The lowest BCUT2D eigenvalue weighted by Crippen LogP contribution is -2.18. The van der Waals surface area contributed by atoms with Crippen LogP contribution in [-0.4, -0.2) is 49.2 Å². The first kappa shape index (κ1) is 29.0. The maximum absolute atomic E-state index is 12.0. The average Bonchev–Trinajstić information content (AvgIpc) is 3.43. The number of methoxy groups -OCH3 is 2. The zero-order valence-corrected chi connectivity index (χ0v) is 25.7. The number of anilines is 1. The van der Waals surface area contributed by atoms with Gasteiger partial charge in [-0.25, -0.2) is 9.97 Å². The Morgan fingerprint density at radius 2 is 2.02 bits per heavy atom. The highest BCUT2D eigenvalue weighted by atomic mass is 35.5. The summed E-state index contributed by atoms with van der Waals surface area (Å²) in [5.74, 6) is 1.98. The molecule has 2 aromatic carbocycles. The molecule has 0 saturated carbocycles. The number of aromatic nitrogens is 2. The van der Waals surface area contributed by atoms with Crippen LogP contribution in [0.4, 0.5) is 5.82 Å². The van der Waals surface area contributed by atoms with E-state index in [0.717, 1.165) is 69.1 Å². The van der Waals surface area contributed by atoms with Gasteiger partial charge in [0.25, 0.3) is 0 Å². The first-order valence-corrected chi connectivity index (χ1v) is 14.9. The lowest BCUT2D eigenvalue weighted by molar-refractivity contribution is -0.145. The number of aryl methyl sites for hydroxylation is 1. The van der Waals surface area contributed by atoms with Crippen LogP contribution in [0.25, 0.3) is 27.6 Å². The summed E-state index contributed by atoms with van der Waals surface area (Å²) in [5.41, 5.74) is 6.39. The number of benzene rings is 2. The molecule has 1 aliphatic carbocycles. The van der Waals surface area contributed by atoms with E-state index in [4.69, 9.17) is 31.0 Å². The molecule has 0 spiro atoms. The predicted octanol–water partition coefficient (Wildman–Crippen LogP) is 7.36. The second-order valence-electron chi connectivity index (χ2n) is 10.6. The molecule has 214 valence electrons. The number of nitrogens with one attached hydrogen (secondary N) is 1. The van der Waals surface area contributed by atoms with Crippen molar-refractivity contribution in [1.82, 2.24) is 14.9 Å². The fraction of sp³-hybridized carbons (Fsp3) is 0.344. The standard InChI is InChI=1S/C32H35ClN4O3S/c1-19-35-28-15-29(39-4)25(20-9-11-21(12-10-20)32(38)40-5)14-26(28)31(36-19)34-16-24-13-23(18-41-24)30-22(17-37(2)3)7-6-8-27(30)33/h6-9,13-15,18,21H,10-12,16-17H2,1-5H3,(H,34,35,36). The summed E-state index contributed by atoms with van der Waals surface area (Å²) < 4.78 is 10.7. The molecule has 1 atom stereocenters. The molecule has 2 heterocycles. The van der Waals surface area contributed by atoms with Crippen LogP contribution in [0.5, 0.6) is 5.75 Å². The van der Waals surface area contributed by atoms with Crippen molar-refractivity contribution < 1.29 is 14.3 Å². The third-order valence-electron chi connectivity index (χ3n) is 7.38. The number of carbonyl (C=O) groups is 1. The molecule has 0 saturated heterocycles. The van der Waals surface area contributed by atoms with Crippen LogP contribution >= 0.6 is 22.9 Å². The van der Waals surface area contributed by atoms with E-state index in [-0.39, 0.29) is 11.9 Å². The van der Waals surface area contributed by atoms with E-state index >= 15 is 0 Å². The minimum Gasteiger partial charge on any atom is -0.496 e. The number of hydrogen-bond acceptors (Lipinski definition) is 8. The largest absolute Gasteiger partial charge is 0.496 e. The smallest absolute Gasteiger partial charge is 0.308 e. The highest BCUT2D eigenvalue weighted by Gasteiger charge is 2.24. The molecule has 41 heavy (non-hydrogen) atoms. The number of hydrogen-bond donors (Lipinski definition) is 1. The van der Waals surface area contributed by atoms with Crippen molar-refractivity contribution in [3.05, 3.63) is 74.7 Å². The lowest BCUT2D eigenvalue weighted by atomic mass is 9.86. The van der Waals surface area contributed by atoms with Crippen LogP contribution in [0.2, 0.25) is 5.02 Å². The third-order valence-corrected chi connectivity index (χ3v) is 8.63. The monoisotopic (exact) mass is 590 g/mol. The summed E-state index contributed by atoms with van der Waals surface area (Å²) >= 11 is 8.36. The zero-order chi connectivity index (χ0) is 29.1. The Morgan fingerprint density at radius 3 is 2.73 bits per heavy atom. The molecule has 9 heteroatoms. The predicted molar refractivity (Wildman–Crippen MR) is 168 cm³/mol. The van der Waals surface area contributed by atoms with Crippen molar-refractivity contribution in [2.75, 3.05) is 33.6 Å².